The first-order chi connectivity index (χ1) is 13.2. The summed E-state index contributed by atoms with van der Waals surface area (Å²) in [6.07, 6.45) is 0.977. The van der Waals surface area contributed by atoms with Gasteiger partial charge in [0.2, 0.25) is 0 Å². The summed E-state index contributed by atoms with van der Waals surface area (Å²) < 4.78 is 5.64. The van der Waals surface area contributed by atoms with E-state index in [0.717, 1.165) is 17.7 Å². The third-order valence-electron chi connectivity index (χ3n) is 4.38. The lowest BCUT2D eigenvalue weighted by Crippen LogP contribution is -2.41. The molecular formula is C23H30N2O3. The Bertz CT molecular complexity index is 788. The fourth-order valence-electron chi connectivity index (χ4n) is 2.49. The van der Waals surface area contributed by atoms with Crippen LogP contribution in [0.4, 0.5) is 0 Å². The second kappa shape index (κ2) is 9.40. The van der Waals surface area contributed by atoms with Crippen LogP contribution in [0.3, 0.4) is 0 Å². The monoisotopic (exact) mass is 382 g/mol. The predicted molar refractivity (Wildman–Crippen MR) is 111 cm³/mol. The first-order valence-corrected chi connectivity index (χ1v) is 9.61. The van der Waals surface area contributed by atoms with Gasteiger partial charge in [-0.3, -0.25) is 20.4 Å². The summed E-state index contributed by atoms with van der Waals surface area (Å²) in [4.78, 5) is 24.4. The summed E-state index contributed by atoms with van der Waals surface area (Å²) in [5, 5.41) is 0. The summed E-state index contributed by atoms with van der Waals surface area (Å²) in [7, 11) is 0. The maximum atomic E-state index is 12.2. The number of hydrazine groups is 1. The van der Waals surface area contributed by atoms with Crippen LogP contribution in [0, 0.1) is 5.92 Å². The van der Waals surface area contributed by atoms with Crippen LogP contribution in [0.15, 0.2) is 48.5 Å². The molecule has 0 saturated carbocycles. The molecule has 0 aromatic heterocycles. The molecule has 2 amide bonds. The van der Waals surface area contributed by atoms with Crippen molar-refractivity contribution in [2.24, 2.45) is 5.92 Å². The molecule has 0 unspecified atom stereocenters. The molecule has 2 aromatic carbocycles. The molecule has 2 rings (SSSR count). The third kappa shape index (κ3) is 6.41. The van der Waals surface area contributed by atoms with Crippen molar-refractivity contribution in [3.05, 3.63) is 65.2 Å². The van der Waals surface area contributed by atoms with Gasteiger partial charge in [0.25, 0.3) is 11.8 Å². The molecule has 0 fully saturated rings. The Kier molecular flexibility index (Phi) is 7.21. The normalized spacial score (nSPS) is 11.2. The smallest absolute Gasteiger partial charge is 0.269 e. The van der Waals surface area contributed by atoms with Gasteiger partial charge in [0.1, 0.15) is 5.75 Å². The van der Waals surface area contributed by atoms with Gasteiger partial charge < -0.3 is 4.74 Å². The highest BCUT2D eigenvalue weighted by Gasteiger charge is 2.15. The maximum Gasteiger partial charge on any atom is 0.269 e. The molecule has 0 aliphatic carbocycles. The highest BCUT2D eigenvalue weighted by molar-refractivity contribution is 5.99. The Morgan fingerprint density at radius 2 is 1.32 bits per heavy atom. The quantitative estimate of drug-likeness (QED) is 0.724. The van der Waals surface area contributed by atoms with Crippen LogP contribution in [0.25, 0.3) is 0 Å². The lowest BCUT2D eigenvalue weighted by atomic mass is 9.87. The molecule has 150 valence electrons. The molecule has 0 spiro atoms. The zero-order chi connectivity index (χ0) is 20.7. The van der Waals surface area contributed by atoms with Crippen molar-refractivity contribution in [3.63, 3.8) is 0 Å². The molecule has 0 radical (unpaired) electrons. The Morgan fingerprint density at radius 1 is 0.857 bits per heavy atom. The average molecular weight is 383 g/mol. The van der Waals surface area contributed by atoms with E-state index in [9.17, 15) is 9.59 Å². The average Bonchev–Trinajstić information content (AvgIpc) is 2.65. The molecule has 0 saturated heterocycles. The molecule has 0 heterocycles. The summed E-state index contributed by atoms with van der Waals surface area (Å²) in [6, 6.07) is 14.2. The van der Waals surface area contributed by atoms with Crippen LogP contribution in [-0.2, 0) is 5.41 Å². The molecule has 0 aliphatic rings. The number of carbonyl (C=O) groups is 2. The van der Waals surface area contributed by atoms with Crippen LogP contribution in [0.2, 0.25) is 0 Å². The molecule has 0 aliphatic heterocycles. The van der Waals surface area contributed by atoms with Crippen molar-refractivity contribution in [2.45, 2.75) is 46.5 Å². The van der Waals surface area contributed by atoms with Crippen LogP contribution >= 0.6 is 0 Å². The van der Waals surface area contributed by atoms with Gasteiger partial charge in [-0.1, -0.05) is 46.8 Å². The lowest BCUT2D eigenvalue weighted by Gasteiger charge is -2.19. The van der Waals surface area contributed by atoms with E-state index in [1.807, 2.05) is 12.1 Å². The molecule has 0 bridgehead atoms. The highest BCUT2D eigenvalue weighted by atomic mass is 16.5. The van der Waals surface area contributed by atoms with E-state index in [0.29, 0.717) is 23.7 Å². The zero-order valence-corrected chi connectivity index (χ0v) is 17.3. The van der Waals surface area contributed by atoms with E-state index in [-0.39, 0.29) is 17.2 Å². The third-order valence-corrected chi connectivity index (χ3v) is 4.38. The topological polar surface area (TPSA) is 67.4 Å². The van der Waals surface area contributed by atoms with E-state index in [4.69, 9.17) is 4.74 Å². The first-order valence-electron chi connectivity index (χ1n) is 9.61. The predicted octanol–water partition coefficient (Wildman–Crippen LogP) is 4.48. The zero-order valence-electron chi connectivity index (χ0n) is 17.3. The minimum atomic E-state index is -0.381. The Hall–Kier alpha value is -2.82. The van der Waals surface area contributed by atoms with E-state index in [2.05, 4.69) is 45.5 Å². The van der Waals surface area contributed by atoms with Gasteiger partial charge in [-0.05, 0) is 59.7 Å². The van der Waals surface area contributed by atoms with Gasteiger partial charge in [-0.2, -0.15) is 0 Å². The first kappa shape index (κ1) is 21.5. The Balaban J connectivity index is 1.86. The van der Waals surface area contributed by atoms with Gasteiger partial charge >= 0.3 is 0 Å². The van der Waals surface area contributed by atoms with Crippen molar-refractivity contribution in [2.75, 3.05) is 6.61 Å². The van der Waals surface area contributed by atoms with E-state index < -0.39 is 0 Å². The van der Waals surface area contributed by atoms with Gasteiger partial charge in [-0.25, -0.2) is 0 Å². The van der Waals surface area contributed by atoms with Crippen LogP contribution in [0.5, 0.6) is 5.75 Å². The SMILES string of the molecule is CC(C)CCOc1ccc(C(=O)NNC(=O)c2ccc(C(C)(C)C)cc2)cc1. The van der Waals surface area contributed by atoms with Gasteiger partial charge in [0, 0.05) is 11.1 Å². The number of nitrogens with one attached hydrogen (secondary N) is 2. The fourth-order valence-corrected chi connectivity index (χ4v) is 2.49. The lowest BCUT2D eigenvalue weighted by molar-refractivity contribution is 0.0846. The maximum absolute atomic E-state index is 12.2. The molecule has 2 aromatic rings. The van der Waals surface area contributed by atoms with Crippen molar-refractivity contribution in [3.8, 4) is 5.75 Å². The molecule has 5 nitrogen and oxygen atoms in total. The van der Waals surface area contributed by atoms with Gasteiger partial charge in [0.05, 0.1) is 6.61 Å². The van der Waals surface area contributed by atoms with Crippen LogP contribution in [-0.4, -0.2) is 18.4 Å². The van der Waals surface area contributed by atoms with E-state index >= 15 is 0 Å². The summed E-state index contributed by atoms with van der Waals surface area (Å²) >= 11 is 0. The standard InChI is InChI=1S/C23H30N2O3/c1-16(2)14-15-28-20-12-8-18(9-13-20)22(27)25-24-21(26)17-6-10-19(11-7-17)23(3,4)5/h6-13,16H,14-15H2,1-5H3,(H,24,26)(H,25,27). The van der Waals surface area contributed by atoms with Gasteiger partial charge in [0.15, 0.2) is 0 Å². The molecule has 5 heteroatoms. The second-order valence-electron chi connectivity index (χ2n) is 8.29. The molecule has 2 N–H and O–H groups in total. The number of carbonyl (C=O) groups excluding carboxylic acids is 2. The Labute approximate surface area is 167 Å². The highest BCUT2D eigenvalue weighted by Crippen LogP contribution is 2.22. The van der Waals surface area contributed by atoms with E-state index in [1.165, 1.54) is 0 Å². The fraction of sp³-hybridized carbons (Fsp3) is 0.391. The molecule has 0 atom stereocenters. The van der Waals surface area contributed by atoms with E-state index in [1.54, 1.807) is 36.4 Å². The molecule has 28 heavy (non-hydrogen) atoms. The summed E-state index contributed by atoms with van der Waals surface area (Å²) in [6.45, 7) is 11.3. The van der Waals surface area contributed by atoms with Crippen LogP contribution < -0.4 is 15.6 Å². The minimum Gasteiger partial charge on any atom is -0.494 e. The van der Waals surface area contributed by atoms with Crippen molar-refractivity contribution >= 4 is 11.8 Å². The number of hydrogen-bond donors (Lipinski definition) is 2. The molecular weight excluding hydrogens is 352 g/mol. The van der Waals surface area contributed by atoms with Crippen molar-refractivity contribution < 1.29 is 14.3 Å². The van der Waals surface area contributed by atoms with Crippen LogP contribution in [0.1, 0.15) is 67.3 Å². The Morgan fingerprint density at radius 3 is 1.75 bits per heavy atom. The largest absolute Gasteiger partial charge is 0.494 e. The van der Waals surface area contributed by atoms with Crippen molar-refractivity contribution in [1.29, 1.82) is 0 Å². The summed E-state index contributed by atoms with van der Waals surface area (Å²) in [5.41, 5.74) is 6.98. The minimum absolute atomic E-state index is 0.0217. The number of hydrogen-bond acceptors (Lipinski definition) is 3. The summed E-state index contributed by atoms with van der Waals surface area (Å²) in [5.74, 6) is 0.564. The number of amides is 2. The van der Waals surface area contributed by atoms with Gasteiger partial charge in [-0.15, -0.1) is 0 Å². The second-order valence-corrected chi connectivity index (χ2v) is 8.29. The number of rotatable bonds is 6. The number of ether oxygens (including phenoxy) is 1. The van der Waals surface area contributed by atoms with Crippen molar-refractivity contribution in [1.82, 2.24) is 10.9 Å². The number of benzene rings is 2.